The Morgan fingerprint density at radius 3 is 2.62 bits per heavy atom. The number of halogens is 1. The smallest absolute Gasteiger partial charge is 0.272 e. The highest BCUT2D eigenvalue weighted by Crippen LogP contribution is 2.42. The van der Waals surface area contributed by atoms with Crippen LogP contribution in [0, 0.1) is 11.2 Å². The van der Waals surface area contributed by atoms with Crippen LogP contribution >= 0.6 is 0 Å². The summed E-state index contributed by atoms with van der Waals surface area (Å²) in [7, 11) is 0. The third-order valence-corrected chi connectivity index (χ3v) is 6.00. The van der Waals surface area contributed by atoms with Crippen LogP contribution in [0.3, 0.4) is 0 Å². The Balaban J connectivity index is 1.34. The van der Waals surface area contributed by atoms with Gasteiger partial charge in [0.1, 0.15) is 11.5 Å². The molecule has 2 aliphatic rings. The van der Waals surface area contributed by atoms with Gasteiger partial charge in [-0.2, -0.15) is 0 Å². The number of nitrogens with zero attached hydrogens (tertiary/aromatic N) is 3. The molecule has 2 amide bonds. The van der Waals surface area contributed by atoms with E-state index in [0.29, 0.717) is 37.4 Å². The largest absolute Gasteiger partial charge is 0.337 e. The number of rotatable bonds is 2. The lowest BCUT2D eigenvalue weighted by Gasteiger charge is -2.24. The van der Waals surface area contributed by atoms with Gasteiger partial charge in [0.25, 0.3) is 5.91 Å². The van der Waals surface area contributed by atoms with Crippen molar-refractivity contribution in [3.8, 4) is 0 Å². The Morgan fingerprint density at radius 2 is 1.79 bits per heavy atom. The fourth-order valence-corrected chi connectivity index (χ4v) is 4.48. The minimum absolute atomic E-state index is 0.0229. The second-order valence-corrected chi connectivity index (χ2v) is 8.00. The van der Waals surface area contributed by atoms with E-state index in [1.807, 2.05) is 30.3 Å². The van der Waals surface area contributed by atoms with E-state index in [2.05, 4.69) is 4.98 Å². The molecule has 3 aromatic rings. The topological polar surface area (TPSA) is 53.5 Å². The molecule has 2 aliphatic heterocycles. The van der Waals surface area contributed by atoms with Gasteiger partial charge in [-0.05, 0) is 42.8 Å². The number of hydrogen-bond donors (Lipinski definition) is 0. The van der Waals surface area contributed by atoms with Crippen LogP contribution in [-0.2, 0) is 4.79 Å². The monoisotopic (exact) mass is 389 g/mol. The van der Waals surface area contributed by atoms with Crippen molar-refractivity contribution >= 4 is 28.4 Å². The lowest BCUT2D eigenvalue weighted by atomic mass is 9.86. The van der Waals surface area contributed by atoms with Crippen LogP contribution < -0.4 is 4.90 Å². The summed E-state index contributed by atoms with van der Waals surface area (Å²) in [5.41, 5.74) is 1.68. The Bertz CT molecular complexity index is 1110. The summed E-state index contributed by atoms with van der Waals surface area (Å²) in [5.74, 6) is -0.398. The lowest BCUT2D eigenvalue weighted by molar-refractivity contribution is -0.117. The second-order valence-electron chi connectivity index (χ2n) is 8.00. The van der Waals surface area contributed by atoms with E-state index in [1.165, 1.54) is 12.1 Å². The first-order chi connectivity index (χ1) is 14.0. The van der Waals surface area contributed by atoms with Crippen LogP contribution in [0.4, 0.5) is 10.1 Å². The molecule has 1 aromatic heterocycles. The minimum atomic E-state index is -0.323. The molecule has 1 atom stereocenters. The van der Waals surface area contributed by atoms with E-state index in [1.54, 1.807) is 28.0 Å². The van der Waals surface area contributed by atoms with Gasteiger partial charge in [-0.15, -0.1) is 0 Å². The van der Waals surface area contributed by atoms with Crippen LogP contribution in [0.5, 0.6) is 0 Å². The van der Waals surface area contributed by atoms with E-state index in [4.69, 9.17) is 0 Å². The number of likely N-dealkylation sites (tertiary alicyclic amines) is 1. The molecular weight excluding hydrogens is 369 g/mol. The predicted molar refractivity (Wildman–Crippen MR) is 108 cm³/mol. The molecular formula is C23H20FN3O2. The predicted octanol–water partition coefficient (Wildman–Crippen LogP) is 3.64. The van der Waals surface area contributed by atoms with Crippen molar-refractivity contribution in [1.82, 2.24) is 9.88 Å². The molecule has 0 unspecified atom stereocenters. The summed E-state index contributed by atoms with van der Waals surface area (Å²) in [6.07, 6.45) is 1.18. The maximum absolute atomic E-state index is 13.2. The summed E-state index contributed by atoms with van der Waals surface area (Å²) in [5, 5.41) is 0.998. The van der Waals surface area contributed by atoms with Gasteiger partial charge in [-0.25, -0.2) is 9.37 Å². The van der Waals surface area contributed by atoms with Crippen LogP contribution in [0.2, 0.25) is 0 Å². The van der Waals surface area contributed by atoms with Crippen molar-refractivity contribution in [2.75, 3.05) is 24.5 Å². The molecule has 2 fully saturated rings. The number of anilines is 1. The van der Waals surface area contributed by atoms with Gasteiger partial charge < -0.3 is 9.80 Å². The van der Waals surface area contributed by atoms with Gasteiger partial charge in [0.15, 0.2) is 0 Å². The summed E-state index contributed by atoms with van der Waals surface area (Å²) in [4.78, 5) is 33.7. The van der Waals surface area contributed by atoms with Gasteiger partial charge in [0.2, 0.25) is 5.91 Å². The van der Waals surface area contributed by atoms with Gasteiger partial charge in [-0.1, -0.05) is 24.3 Å². The van der Waals surface area contributed by atoms with Crippen molar-refractivity contribution in [3.05, 3.63) is 72.2 Å². The van der Waals surface area contributed by atoms with Crippen LogP contribution in [-0.4, -0.2) is 41.3 Å². The van der Waals surface area contributed by atoms with Crippen LogP contribution in [0.15, 0.2) is 60.7 Å². The number of hydrogen-bond acceptors (Lipinski definition) is 3. The first-order valence-corrected chi connectivity index (χ1v) is 9.74. The van der Waals surface area contributed by atoms with Crippen LogP contribution in [0.25, 0.3) is 10.9 Å². The highest BCUT2D eigenvalue weighted by atomic mass is 19.1. The Hall–Kier alpha value is -3.28. The van der Waals surface area contributed by atoms with E-state index < -0.39 is 0 Å². The van der Waals surface area contributed by atoms with Crippen molar-refractivity contribution in [2.24, 2.45) is 5.41 Å². The Labute approximate surface area is 167 Å². The standard InChI is InChI=1S/C23H20FN3O2/c24-17-6-8-18(9-7-17)27-15-23(13-21(27)28)11-12-26(14-23)22(29)20-10-5-16-3-1-2-4-19(16)25-20/h1-10H,11-15H2/t23-/m1/s1. The van der Waals surface area contributed by atoms with Gasteiger partial charge >= 0.3 is 0 Å². The molecule has 0 bridgehead atoms. The van der Waals surface area contributed by atoms with E-state index in [0.717, 1.165) is 17.3 Å². The number of benzene rings is 2. The maximum atomic E-state index is 13.2. The second kappa shape index (κ2) is 6.65. The zero-order valence-corrected chi connectivity index (χ0v) is 15.8. The third-order valence-electron chi connectivity index (χ3n) is 6.00. The van der Waals surface area contributed by atoms with Crippen LogP contribution in [0.1, 0.15) is 23.3 Å². The Kier molecular flexibility index (Phi) is 4.08. The molecule has 0 saturated carbocycles. The molecule has 3 heterocycles. The quantitative estimate of drug-likeness (QED) is 0.672. The van der Waals surface area contributed by atoms with Gasteiger partial charge in [-0.3, -0.25) is 9.59 Å². The number of para-hydroxylation sites is 1. The van der Waals surface area contributed by atoms with Gasteiger partial charge in [0, 0.05) is 42.5 Å². The number of pyridine rings is 1. The molecule has 2 aromatic carbocycles. The SMILES string of the molecule is O=C(c1ccc2ccccc2n1)N1CC[C@@]2(CC(=O)N(c3ccc(F)cc3)C2)C1. The highest BCUT2D eigenvalue weighted by Gasteiger charge is 2.49. The molecule has 146 valence electrons. The number of carbonyl (C=O) groups excluding carboxylic acids is 2. The number of carbonyl (C=O) groups is 2. The van der Waals surface area contributed by atoms with Crippen molar-refractivity contribution < 1.29 is 14.0 Å². The normalized spacial score (nSPS) is 21.5. The average Bonchev–Trinajstić information content (AvgIpc) is 3.30. The molecule has 0 N–H and O–H groups in total. The third kappa shape index (κ3) is 3.14. The number of fused-ring (bicyclic) bond motifs is 1. The average molecular weight is 389 g/mol. The molecule has 29 heavy (non-hydrogen) atoms. The van der Waals surface area contributed by atoms with Crippen molar-refractivity contribution in [3.63, 3.8) is 0 Å². The van der Waals surface area contributed by atoms with Gasteiger partial charge in [0.05, 0.1) is 5.52 Å². The summed E-state index contributed by atoms with van der Waals surface area (Å²) < 4.78 is 13.2. The first-order valence-electron chi connectivity index (χ1n) is 9.74. The zero-order valence-electron chi connectivity index (χ0n) is 15.8. The molecule has 1 spiro atoms. The molecule has 0 aliphatic carbocycles. The minimum Gasteiger partial charge on any atom is -0.337 e. The van der Waals surface area contributed by atoms with E-state index in [-0.39, 0.29) is 23.0 Å². The molecule has 5 rings (SSSR count). The molecule has 0 radical (unpaired) electrons. The van der Waals surface area contributed by atoms with Crippen molar-refractivity contribution in [2.45, 2.75) is 12.8 Å². The summed E-state index contributed by atoms with van der Waals surface area (Å²) in [6.45, 7) is 1.69. The summed E-state index contributed by atoms with van der Waals surface area (Å²) in [6, 6.07) is 17.4. The highest BCUT2D eigenvalue weighted by molar-refractivity contribution is 5.97. The molecule has 2 saturated heterocycles. The maximum Gasteiger partial charge on any atom is 0.272 e. The Morgan fingerprint density at radius 1 is 1.00 bits per heavy atom. The lowest BCUT2D eigenvalue weighted by Crippen LogP contribution is -2.34. The fourth-order valence-electron chi connectivity index (χ4n) is 4.48. The zero-order chi connectivity index (χ0) is 20.0. The molecule has 5 nitrogen and oxygen atoms in total. The number of amides is 2. The number of aromatic nitrogens is 1. The van der Waals surface area contributed by atoms with Crippen molar-refractivity contribution in [1.29, 1.82) is 0 Å². The first kappa shape index (κ1) is 17.8. The van der Waals surface area contributed by atoms with E-state index in [9.17, 15) is 14.0 Å². The fraction of sp³-hybridized carbons (Fsp3) is 0.261. The van der Waals surface area contributed by atoms with E-state index >= 15 is 0 Å². The summed E-state index contributed by atoms with van der Waals surface area (Å²) >= 11 is 0. The molecule has 6 heteroatoms.